The molecule has 1 aliphatic heterocycles. The summed E-state index contributed by atoms with van der Waals surface area (Å²) < 4.78 is 13.1. The molecule has 15 heavy (non-hydrogen) atoms. The molecule has 0 aromatic heterocycles. The fourth-order valence-electron chi connectivity index (χ4n) is 2.62. The Kier molecular flexibility index (Phi) is 3.06. The number of fused-ring (bicyclic) bond motifs is 1. The van der Waals surface area contributed by atoms with Gasteiger partial charge >= 0.3 is 0 Å². The first kappa shape index (κ1) is 10.6. The first-order valence-corrected chi connectivity index (χ1v) is 5.78. The molecule has 2 unspecified atom stereocenters. The Morgan fingerprint density at radius 3 is 2.80 bits per heavy atom. The van der Waals surface area contributed by atoms with Gasteiger partial charge < -0.3 is 5.32 Å². The third-order valence-electron chi connectivity index (χ3n) is 3.42. The van der Waals surface area contributed by atoms with E-state index in [-0.39, 0.29) is 5.82 Å². The Balaban J connectivity index is 2.37. The summed E-state index contributed by atoms with van der Waals surface area (Å²) in [6, 6.07) is 5.76. The molecule has 1 N–H and O–H groups in total. The highest BCUT2D eigenvalue weighted by Gasteiger charge is 2.26. The highest BCUT2D eigenvalue weighted by Crippen LogP contribution is 2.32. The van der Waals surface area contributed by atoms with E-state index in [0.717, 1.165) is 24.9 Å². The van der Waals surface area contributed by atoms with Gasteiger partial charge in [-0.2, -0.15) is 0 Å². The topological polar surface area (TPSA) is 12.0 Å². The SMILES string of the molecule is CCC1NCc2cc(F)ccc2C1CC. The number of hydrogen-bond acceptors (Lipinski definition) is 1. The fraction of sp³-hybridized carbons (Fsp3) is 0.538. The molecule has 1 nitrogen and oxygen atoms in total. The summed E-state index contributed by atoms with van der Waals surface area (Å²) in [6.45, 7) is 5.21. The van der Waals surface area contributed by atoms with Crippen molar-refractivity contribution >= 4 is 0 Å². The Hall–Kier alpha value is -0.890. The van der Waals surface area contributed by atoms with Crippen LogP contribution in [0.4, 0.5) is 4.39 Å². The number of halogens is 1. The van der Waals surface area contributed by atoms with Gasteiger partial charge in [0.15, 0.2) is 0 Å². The summed E-state index contributed by atoms with van der Waals surface area (Å²) in [4.78, 5) is 0. The quantitative estimate of drug-likeness (QED) is 0.785. The molecule has 2 heteroatoms. The first-order chi connectivity index (χ1) is 7.26. The zero-order chi connectivity index (χ0) is 10.8. The van der Waals surface area contributed by atoms with Gasteiger partial charge in [0.1, 0.15) is 5.82 Å². The molecule has 0 bridgehead atoms. The van der Waals surface area contributed by atoms with Crippen molar-refractivity contribution in [1.82, 2.24) is 5.32 Å². The van der Waals surface area contributed by atoms with Crippen LogP contribution >= 0.6 is 0 Å². The first-order valence-electron chi connectivity index (χ1n) is 5.78. The van der Waals surface area contributed by atoms with Crippen LogP contribution in [0.15, 0.2) is 18.2 Å². The van der Waals surface area contributed by atoms with E-state index in [4.69, 9.17) is 0 Å². The third kappa shape index (κ3) is 1.91. The molecular weight excluding hydrogens is 189 g/mol. The van der Waals surface area contributed by atoms with Crippen molar-refractivity contribution in [2.24, 2.45) is 0 Å². The standard InChI is InChI=1S/C13H18FN/c1-3-11-12-6-5-10(14)7-9(12)8-15-13(11)4-2/h5-7,11,13,15H,3-4,8H2,1-2H3. The lowest BCUT2D eigenvalue weighted by atomic mass is 9.82. The zero-order valence-electron chi connectivity index (χ0n) is 9.39. The maximum absolute atomic E-state index is 13.1. The molecule has 0 fully saturated rings. The van der Waals surface area contributed by atoms with Gasteiger partial charge in [-0.3, -0.25) is 0 Å². The molecule has 2 atom stereocenters. The Morgan fingerprint density at radius 2 is 2.13 bits per heavy atom. The molecule has 1 aromatic carbocycles. The van der Waals surface area contributed by atoms with Gasteiger partial charge in [0, 0.05) is 12.6 Å². The molecule has 0 aliphatic carbocycles. The van der Waals surface area contributed by atoms with Crippen LogP contribution in [0.3, 0.4) is 0 Å². The van der Waals surface area contributed by atoms with Crippen LogP contribution < -0.4 is 5.32 Å². The number of hydrogen-bond donors (Lipinski definition) is 1. The lowest BCUT2D eigenvalue weighted by molar-refractivity contribution is 0.382. The normalized spacial score (nSPS) is 25.0. The Morgan fingerprint density at radius 1 is 1.33 bits per heavy atom. The van der Waals surface area contributed by atoms with Gasteiger partial charge in [0.25, 0.3) is 0 Å². The molecule has 0 spiro atoms. The van der Waals surface area contributed by atoms with E-state index in [0.29, 0.717) is 12.0 Å². The predicted octanol–water partition coefficient (Wildman–Crippen LogP) is 3.20. The van der Waals surface area contributed by atoms with Crippen LogP contribution in [0.1, 0.15) is 43.7 Å². The van der Waals surface area contributed by atoms with E-state index in [2.05, 4.69) is 19.2 Å². The Bertz CT molecular complexity index is 348. The minimum Gasteiger partial charge on any atom is -0.309 e. The molecule has 0 amide bonds. The molecule has 0 saturated carbocycles. The van der Waals surface area contributed by atoms with Crippen LogP contribution in [-0.2, 0) is 6.54 Å². The highest BCUT2D eigenvalue weighted by molar-refractivity contribution is 5.34. The second-order valence-corrected chi connectivity index (χ2v) is 4.25. The van der Waals surface area contributed by atoms with Gasteiger partial charge in [-0.05, 0) is 42.0 Å². The third-order valence-corrected chi connectivity index (χ3v) is 3.42. The number of rotatable bonds is 2. The van der Waals surface area contributed by atoms with Crippen LogP contribution in [0.5, 0.6) is 0 Å². The average molecular weight is 207 g/mol. The van der Waals surface area contributed by atoms with Crippen molar-refractivity contribution in [3.63, 3.8) is 0 Å². The monoisotopic (exact) mass is 207 g/mol. The number of benzene rings is 1. The second-order valence-electron chi connectivity index (χ2n) is 4.25. The van der Waals surface area contributed by atoms with Crippen molar-refractivity contribution in [1.29, 1.82) is 0 Å². The molecule has 1 aliphatic rings. The van der Waals surface area contributed by atoms with Crippen molar-refractivity contribution in [2.45, 2.75) is 45.2 Å². The van der Waals surface area contributed by atoms with Gasteiger partial charge in [-0.25, -0.2) is 4.39 Å². The summed E-state index contributed by atoms with van der Waals surface area (Å²) in [5.74, 6) is 0.416. The van der Waals surface area contributed by atoms with E-state index in [9.17, 15) is 4.39 Å². The summed E-state index contributed by atoms with van der Waals surface area (Å²) in [5.41, 5.74) is 2.47. The lowest BCUT2D eigenvalue weighted by Gasteiger charge is -2.33. The van der Waals surface area contributed by atoms with E-state index in [1.54, 1.807) is 12.1 Å². The largest absolute Gasteiger partial charge is 0.309 e. The second kappa shape index (κ2) is 4.31. The minimum absolute atomic E-state index is 0.125. The molecule has 2 rings (SSSR count). The van der Waals surface area contributed by atoms with Crippen molar-refractivity contribution in [3.8, 4) is 0 Å². The van der Waals surface area contributed by atoms with Crippen molar-refractivity contribution in [2.75, 3.05) is 0 Å². The number of nitrogens with one attached hydrogen (secondary N) is 1. The summed E-state index contributed by atoms with van der Waals surface area (Å²) in [6.07, 6.45) is 2.25. The van der Waals surface area contributed by atoms with Crippen LogP contribution in [0.25, 0.3) is 0 Å². The maximum Gasteiger partial charge on any atom is 0.123 e. The van der Waals surface area contributed by atoms with Crippen LogP contribution in [0.2, 0.25) is 0 Å². The molecular formula is C13H18FN. The fourth-order valence-corrected chi connectivity index (χ4v) is 2.62. The minimum atomic E-state index is -0.125. The van der Waals surface area contributed by atoms with Crippen LogP contribution in [-0.4, -0.2) is 6.04 Å². The maximum atomic E-state index is 13.1. The molecule has 1 heterocycles. The lowest BCUT2D eigenvalue weighted by Crippen LogP contribution is -2.38. The molecule has 0 radical (unpaired) electrons. The smallest absolute Gasteiger partial charge is 0.123 e. The van der Waals surface area contributed by atoms with E-state index in [1.165, 1.54) is 5.56 Å². The predicted molar refractivity (Wildman–Crippen MR) is 60.4 cm³/mol. The van der Waals surface area contributed by atoms with Gasteiger partial charge in [0.2, 0.25) is 0 Å². The van der Waals surface area contributed by atoms with Gasteiger partial charge in [0.05, 0.1) is 0 Å². The van der Waals surface area contributed by atoms with E-state index in [1.807, 2.05) is 6.07 Å². The average Bonchev–Trinajstić information content (AvgIpc) is 2.27. The highest BCUT2D eigenvalue weighted by atomic mass is 19.1. The Labute approximate surface area is 90.7 Å². The van der Waals surface area contributed by atoms with Gasteiger partial charge in [-0.1, -0.05) is 19.9 Å². The van der Waals surface area contributed by atoms with E-state index < -0.39 is 0 Å². The van der Waals surface area contributed by atoms with Crippen molar-refractivity contribution < 1.29 is 4.39 Å². The van der Waals surface area contributed by atoms with Crippen molar-refractivity contribution in [3.05, 3.63) is 35.1 Å². The molecule has 82 valence electrons. The van der Waals surface area contributed by atoms with E-state index >= 15 is 0 Å². The van der Waals surface area contributed by atoms with Crippen LogP contribution in [0, 0.1) is 5.82 Å². The van der Waals surface area contributed by atoms with Gasteiger partial charge in [-0.15, -0.1) is 0 Å². The zero-order valence-corrected chi connectivity index (χ0v) is 9.39. The summed E-state index contributed by atoms with van der Waals surface area (Å²) in [5, 5.41) is 3.49. The summed E-state index contributed by atoms with van der Waals surface area (Å²) in [7, 11) is 0. The molecule has 0 saturated heterocycles. The summed E-state index contributed by atoms with van der Waals surface area (Å²) >= 11 is 0. The molecule has 1 aromatic rings.